The molecule has 0 rings (SSSR count). The van der Waals surface area contributed by atoms with Crippen LogP contribution in [0.4, 0.5) is 0 Å². The Morgan fingerprint density at radius 2 is 0.607 bits per heavy atom. The summed E-state index contributed by atoms with van der Waals surface area (Å²) in [5, 5.41) is 0. The quantitative estimate of drug-likeness (QED) is 0.176. The van der Waals surface area contributed by atoms with Crippen LogP contribution in [0.3, 0.4) is 0 Å². The van der Waals surface area contributed by atoms with Crippen LogP contribution in [0.5, 0.6) is 0 Å². The van der Waals surface area contributed by atoms with E-state index in [1.807, 2.05) is 41.5 Å². The molecule has 0 radical (unpaired) electrons. The van der Waals surface area contributed by atoms with Gasteiger partial charge in [0.15, 0.2) is 17.7 Å². The third kappa shape index (κ3) is 29.0. The fraction of sp³-hybridized carbons (Fsp3) is 1.00. The molecule has 0 aliphatic carbocycles. The van der Waals surface area contributed by atoms with Gasteiger partial charge in [0, 0.05) is 56.7 Å². The van der Waals surface area contributed by atoms with E-state index in [9.17, 15) is 0 Å². The molecule has 0 aromatic heterocycles. The first-order valence-corrected chi connectivity index (χ1v) is 13.9. The number of hydrogen-bond donors (Lipinski definition) is 3. The Kier molecular flexibility index (Phi) is 42.0. The molecule has 0 bridgehead atoms. The first-order chi connectivity index (χ1) is 13.0. The van der Waals surface area contributed by atoms with Crippen LogP contribution in [0, 0.1) is 0 Å². The van der Waals surface area contributed by atoms with Crippen molar-refractivity contribution in [3.63, 3.8) is 0 Å². The van der Waals surface area contributed by atoms with Crippen molar-refractivity contribution in [3.05, 3.63) is 0 Å². The minimum Gasteiger partial charge on any atom is -0.432 e. The maximum absolute atomic E-state index is 8.68. The van der Waals surface area contributed by atoms with Gasteiger partial charge in [0.2, 0.25) is 29.3 Å². The van der Waals surface area contributed by atoms with Crippen molar-refractivity contribution in [2.45, 2.75) is 59.3 Å². The van der Waals surface area contributed by atoms with Crippen LogP contribution in [0.15, 0.2) is 0 Å². The Hall–Kier alpha value is 0.810. The summed E-state index contributed by atoms with van der Waals surface area (Å²) in [6.07, 6.45) is 0. The Bertz CT molecular complexity index is 207. The Labute approximate surface area is 188 Å². The van der Waals surface area contributed by atoms with Crippen LogP contribution < -0.4 is 0 Å². The molecule has 0 aliphatic rings. The molecule has 0 spiro atoms. The summed E-state index contributed by atoms with van der Waals surface area (Å²) in [7, 11) is -3.42. The SMILES string of the molecule is CCOC(OCC)[SiH2]O.CCOC(OCC)[SiH2]O.CCOC(OCC)[SiH2]O.[Fe]. The zero-order valence-electron chi connectivity index (χ0n) is 18.2. The molecule has 176 valence electrons. The summed E-state index contributed by atoms with van der Waals surface area (Å²) >= 11 is 0. The van der Waals surface area contributed by atoms with Crippen molar-refractivity contribution >= 4 is 29.3 Å². The van der Waals surface area contributed by atoms with Crippen LogP contribution in [0.2, 0.25) is 0 Å². The minimum absolute atomic E-state index is 0. The molecule has 0 saturated carbocycles. The average molecular weight is 507 g/mol. The van der Waals surface area contributed by atoms with Crippen LogP contribution in [-0.2, 0) is 45.5 Å². The first kappa shape index (κ1) is 36.2. The summed E-state index contributed by atoms with van der Waals surface area (Å²) < 4.78 is 30.1. The fourth-order valence-electron chi connectivity index (χ4n) is 1.58. The monoisotopic (exact) mass is 506 g/mol. The van der Waals surface area contributed by atoms with Crippen molar-refractivity contribution < 1.29 is 59.9 Å². The summed E-state index contributed by atoms with van der Waals surface area (Å²) in [6, 6.07) is 0. The molecule has 3 N–H and O–H groups in total. The predicted molar refractivity (Wildman–Crippen MR) is 113 cm³/mol. The fourth-order valence-corrected chi connectivity index (χ4v) is 3.62. The molecule has 0 heterocycles. The van der Waals surface area contributed by atoms with E-state index in [1.54, 1.807) is 0 Å². The van der Waals surface area contributed by atoms with Crippen LogP contribution in [0.25, 0.3) is 0 Å². The molecular weight excluding hydrogens is 464 g/mol. The molecule has 0 aliphatic heterocycles. The molecule has 0 amide bonds. The molecule has 0 unspecified atom stereocenters. The Morgan fingerprint density at radius 1 is 0.464 bits per heavy atom. The molecule has 13 heteroatoms. The summed E-state index contributed by atoms with van der Waals surface area (Å²) in [5.41, 5.74) is 0. The molecule has 28 heavy (non-hydrogen) atoms. The van der Waals surface area contributed by atoms with Gasteiger partial charge < -0.3 is 42.8 Å². The van der Waals surface area contributed by atoms with Gasteiger partial charge >= 0.3 is 0 Å². The van der Waals surface area contributed by atoms with E-state index in [4.69, 9.17) is 42.8 Å². The second-order valence-electron chi connectivity index (χ2n) is 4.57. The van der Waals surface area contributed by atoms with E-state index in [2.05, 4.69) is 0 Å². The Balaban J connectivity index is -0.000000152. The third-order valence-corrected chi connectivity index (χ3v) is 4.87. The number of rotatable bonds is 15. The van der Waals surface area contributed by atoms with E-state index in [0.29, 0.717) is 39.6 Å². The largest absolute Gasteiger partial charge is 0.432 e. The second kappa shape index (κ2) is 32.5. The third-order valence-electron chi connectivity index (χ3n) is 2.56. The van der Waals surface area contributed by atoms with Gasteiger partial charge in [0.05, 0.1) is 0 Å². The maximum atomic E-state index is 8.68. The van der Waals surface area contributed by atoms with Gasteiger partial charge in [-0.3, -0.25) is 0 Å². The molecular formula is C15H42FeO9Si3. The van der Waals surface area contributed by atoms with E-state index < -0.39 is 29.3 Å². The first-order valence-electron chi connectivity index (χ1n) is 9.56. The second-order valence-corrected chi connectivity index (χ2v) is 7.66. The summed E-state index contributed by atoms with van der Waals surface area (Å²) in [4.78, 5) is 26.0. The van der Waals surface area contributed by atoms with Gasteiger partial charge in [0.1, 0.15) is 0 Å². The molecule has 0 aromatic rings. The zero-order valence-corrected chi connectivity index (χ0v) is 23.6. The van der Waals surface area contributed by atoms with E-state index in [0.717, 1.165) is 0 Å². The number of hydrogen-bond acceptors (Lipinski definition) is 9. The molecule has 0 atom stereocenters. The van der Waals surface area contributed by atoms with Crippen molar-refractivity contribution in [1.29, 1.82) is 0 Å². The van der Waals surface area contributed by atoms with Crippen LogP contribution >= 0.6 is 0 Å². The van der Waals surface area contributed by atoms with E-state index >= 15 is 0 Å². The smallest absolute Gasteiger partial charge is 0.218 e. The predicted octanol–water partition coefficient (Wildman–Crippen LogP) is -1.75. The van der Waals surface area contributed by atoms with Gasteiger partial charge in [-0.2, -0.15) is 0 Å². The molecule has 0 saturated heterocycles. The zero-order chi connectivity index (χ0) is 21.3. The van der Waals surface area contributed by atoms with Gasteiger partial charge in [-0.1, -0.05) is 0 Å². The summed E-state index contributed by atoms with van der Waals surface area (Å²) in [5.74, 6) is -0.875. The van der Waals surface area contributed by atoms with E-state index in [-0.39, 0.29) is 34.8 Å². The van der Waals surface area contributed by atoms with Gasteiger partial charge in [-0.15, -0.1) is 0 Å². The molecule has 0 aromatic carbocycles. The summed E-state index contributed by atoms with van der Waals surface area (Å²) in [6.45, 7) is 15.0. The Morgan fingerprint density at radius 3 is 0.679 bits per heavy atom. The topological polar surface area (TPSA) is 116 Å². The van der Waals surface area contributed by atoms with Crippen molar-refractivity contribution in [1.82, 2.24) is 0 Å². The van der Waals surface area contributed by atoms with Crippen molar-refractivity contribution in [2.75, 3.05) is 39.6 Å². The van der Waals surface area contributed by atoms with Crippen LogP contribution in [-0.4, -0.2) is 101 Å². The van der Waals surface area contributed by atoms with Gasteiger partial charge in [-0.25, -0.2) is 0 Å². The maximum Gasteiger partial charge on any atom is 0.218 e. The van der Waals surface area contributed by atoms with Crippen molar-refractivity contribution in [2.24, 2.45) is 0 Å². The minimum atomic E-state index is -1.14. The van der Waals surface area contributed by atoms with E-state index in [1.165, 1.54) is 0 Å². The normalized spacial score (nSPS) is 11.6. The van der Waals surface area contributed by atoms with Gasteiger partial charge in [0.25, 0.3) is 0 Å². The van der Waals surface area contributed by atoms with Gasteiger partial charge in [-0.05, 0) is 41.5 Å². The van der Waals surface area contributed by atoms with Crippen LogP contribution in [0.1, 0.15) is 41.5 Å². The standard InChI is InChI=1S/3C5H14O3Si.Fe/c3*1-3-7-5(9-6)8-4-2;/h3*5-6H,3-4,9H2,1-2H3;. The molecule has 0 fully saturated rings. The average Bonchev–Trinajstić information content (AvgIpc) is 2.68. The van der Waals surface area contributed by atoms with Crippen molar-refractivity contribution in [3.8, 4) is 0 Å². The number of ether oxygens (including phenoxy) is 6. The molecule has 9 nitrogen and oxygen atoms in total.